The van der Waals surface area contributed by atoms with Crippen LogP contribution in [-0.4, -0.2) is 23.8 Å². The third-order valence-electron chi connectivity index (χ3n) is 2.64. The number of hydrogen-bond donors (Lipinski definition) is 4. The molecule has 0 saturated heterocycles. The summed E-state index contributed by atoms with van der Waals surface area (Å²) in [5, 5.41) is 14.9. The fourth-order valence-corrected chi connectivity index (χ4v) is 1.50. The first-order chi connectivity index (χ1) is 9.11. The van der Waals surface area contributed by atoms with E-state index in [4.69, 9.17) is 5.73 Å². The van der Waals surface area contributed by atoms with Crippen molar-refractivity contribution < 1.29 is 9.90 Å². The Hall–Kier alpha value is -2.01. The normalized spacial score (nSPS) is 11.6. The second-order valence-electron chi connectivity index (χ2n) is 4.33. The largest absolute Gasteiger partial charge is 0.399 e. The van der Waals surface area contributed by atoms with Gasteiger partial charge in [-0.25, -0.2) is 4.79 Å². The van der Waals surface area contributed by atoms with Gasteiger partial charge < -0.3 is 21.5 Å². The Morgan fingerprint density at radius 2 is 2.05 bits per heavy atom. The lowest BCUT2D eigenvalue weighted by Crippen LogP contribution is -2.39. The number of allylic oxidation sites excluding steroid dienone is 1. The van der Waals surface area contributed by atoms with Crippen molar-refractivity contribution in [3.05, 3.63) is 42.5 Å². The van der Waals surface area contributed by atoms with Crippen LogP contribution in [-0.2, 0) is 6.54 Å². The van der Waals surface area contributed by atoms with Crippen molar-refractivity contribution in [3.8, 4) is 0 Å². The van der Waals surface area contributed by atoms with E-state index in [0.29, 0.717) is 18.7 Å². The standard InChI is InChI=1S/C14H21N3O2/c1-2-3-4-13(18)10-17-14(19)16-9-11-5-7-12(15)8-6-11/h2,5-8,13,18H,1,3-4,9-10,15H2,(H2,16,17,19). The third-order valence-corrected chi connectivity index (χ3v) is 2.64. The molecule has 1 aromatic carbocycles. The maximum Gasteiger partial charge on any atom is 0.315 e. The summed E-state index contributed by atoms with van der Waals surface area (Å²) in [5.41, 5.74) is 7.23. The molecule has 19 heavy (non-hydrogen) atoms. The molecular weight excluding hydrogens is 242 g/mol. The van der Waals surface area contributed by atoms with Gasteiger partial charge in [0.15, 0.2) is 0 Å². The first-order valence-corrected chi connectivity index (χ1v) is 6.27. The van der Waals surface area contributed by atoms with Crippen molar-refractivity contribution >= 4 is 11.7 Å². The van der Waals surface area contributed by atoms with Crippen LogP contribution in [0.15, 0.2) is 36.9 Å². The number of urea groups is 1. The maximum absolute atomic E-state index is 11.5. The monoisotopic (exact) mass is 263 g/mol. The molecule has 0 aliphatic heterocycles. The maximum atomic E-state index is 11.5. The topological polar surface area (TPSA) is 87.4 Å². The molecule has 1 unspecified atom stereocenters. The van der Waals surface area contributed by atoms with Crippen molar-refractivity contribution in [2.75, 3.05) is 12.3 Å². The van der Waals surface area contributed by atoms with Gasteiger partial charge in [-0.05, 0) is 30.5 Å². The molecule has 0 radical (unpaired) electrons. The molecule has 0 bridgehead atoms. The Kier molecular flexibility index (Phi) is 6.46. The minimum absolute atomic E-state index is 0.238. The second-order valence-corrected chi connectivity index (χ2v) is 4.33. The van der Waals surface area contributed by atoms with Crippen LogP contribution in [0.3, 0.4) is 0 Å². The summed E-state index contributed by atoms with van der Waals surface area (Å²) in [4.78, 5) is 11.5. The van der Waals surface area contributed by atoms with Crippen molar-refractivity contribution in [1.82, 2.24) is 10.6 Å². The predicted octanol–water partition coefficient (Wildman–Crippen LogP) is 1.40. The number of hydrogen-bond acceptors (Lipinski definition) is 3. The van der Waals surface area contributed by atoms with Gasteiger partial charge in [0.05, 0.1) is 6.10 Å². The lowest BCUT2D eigenvalue weighted by Gasteiger charge is -2.11. The van der Waals surface area contributed by atoms with Gasteiger partial charge in [-0.2, -0.15) is 0 Å². The smallest absolute Gasteiger partial charge is 0.315 e. The molecule has 0 fully saturated rings. The Labute approximate surface area is 113 Å². The van der Waals surface area contributed by atoms with E-state index in [1.165, 1.54) is 0 Å². The minimum Gasteiger partial charge on any atom is -0.399 e. The molecule has 0 aromatic heterocycles. The lowest BCUT2D eigenvalue weighted by atomic mass is 10.2. The molecule has 5 heteroatoms. The van der Waals surface area contributed by atoms with Crippen LogP contribution in [0.4, 0.5) is 10.5 Å². The number of nitrogens with two attached hydrogens (primary N) is 1. The van der Waals surface area contributed by atoms with Crippen molar-refractivity contribution in [1.29, 1.82) is 0 Å². The van der Waals surface area contributed by atoms with Gasteiger partial charge in [0.1, 0.15) is 0 Å². The van der Waals surface area contributed by atoms with Gasteiger partial charge >= 0.3 is 6.03 Å². The van der Waals surface area contributed by atoms with Crippen LogP contribution in [0.2, 0.25) is 0 Å². The molecule has 1 aromatic rings. The number of carbonyl (C=O) groups is 1. The summed E-state index contributed by atoms with van der Waals surface area (Å²) in [7, 11) is 0. The zero-order valence-electron chi connectivity index (χ0n) is 10.9. The Morgan fingerprint density at radius 1 is 1.37 bits per heavy atom. The molecule has 0 spiro atoms. The highest BCUT2D eigenvalue weighted by molar-refractivity contribution is 5.73. The predicted molar refractivity (Wildman–Crippen MR) is 76.5 cm³/mol. The molecule has 0 aliphatic carbocycles. The van der Waals surface area contributed by atoms with Gasteiger partial charge in [0.2, 0.25) is 0 Å². The summed E-state index contributed by atoms with van der Waals surface area (Å²) >= 11 is 0. The fourth-order valence-electron chi connectivity index (χ4n) is 1.50. The molecule has 2 amide bonds. The summed E-state index contributed by atoms with van der Waals surface area (Å²) in [5.74, 6) is 0. The summed E-state index contributed by atoms with van der Waals surface area (Å²) in [6, 6.07) is 6.99. The summed E-state index contributed by atoms with van der Waals surface area (Å²) in [6.45, 7) is 4.24. The van der Waals surface area contributed by atoms with Gasteiger partial charge in [-0.1, -0.05) is 18.2 Å². The quantitative estimate of drug-likeness (QED) is 0.443. The molecular formula is C14H21N3O2. The summed E-state index contributed by atoms with van der Waals surface area (Å²) in [6.07, 6.45) is 2.53. The highest BCUT2D eigenvalue weighted by Gasteiger charge is 2.05. The van der Waals surface area contributed by atoms with E-state index in [0.717, 1.165) is 12.0 Å². The van der Waals surface area contributed by atoms with Gasteiger partial charge in [0.25, 0.3) is 0 Å². The van der Waals surface area contributed by atoms with Crippen LogP contribution in [0.5, 0.6) is 0 Å². The number of nitrogen functional groups attached to an aromatic ring is 1. The SMILES string of the molecule is C=CCCC(O)CNC(=O)NCc1ccc(N)cc1. The first kappa shape index (κ1) is 15.0. The Balaban J connectivity index is 2.20. The van der Waals surface area contributed by atoms with E-state index < -0.39 is 6.10 Å². The van der Waals surface area contributed by atoms with E-state index in [1.807, 2.05) is 12.1 Å². The average molecular weight is 263 g/mol. The van der Waals surface area contributed by atoms with Gasteiger partial charge in [-0.3, -0.25) is 0 Å². The van der Waals surface area contributed by atoms with Gasteiger partial charge in [-0.15, -0.1) is 6.58 Å². The molecule has 0 saturated carbocycles. The lowest BCUT2D eigenvalue weighted by molar-refractivity contribution is 0.162. The third kappa shape index (κ3) is 6.47. The Bertz CT molecular complexity index is 404. The van der Waals surface area contributed by atoms with Crippen LogP contribution >= 0.6 is 0 Å². The number of anilines is 1. The average Bonchev–Trinajstić information content (AvgIpc) is 2.42. The number of amides is 2. The minimum atomic E-state index is -0.541. The number of nitrogens with one attached hydrogen (secondary N) is 2. The molecule has 0 heterocycles. The van der Waals surface area contributed by atoms with E-state index in [1.54, 1.807) is 18.2 Å². The number of rotatable bonds is 7. The molecule has 1 atom stereocenters. The van der Waals surface area contributed by atoms with E-state index in [9.17, 15) is 9.90 Å². The number of benzene rings is 1. The number of aliphatic hydroxyl groups excluding tert-OH is 1. The van der Waals surface area contributed by atoms with Crippen molar-refractivity contribution in [3.63, 3.8) is 0 Å². The van der Waals surface area contributed by atoms with Crippen molar-refractivity contribution in [2.45, 2.75) is 25.5 Å². The second kappa shape index (κ2) is 8.16. The van der Waals surface area contributed by atoms with Crippen LogP contribution in [0.25, 0.3) is 0 Å². The highest BCUT2D eigenvalue weighted by atomic mass is 16.3. The van der Waals surface area contributed by atoms with E-state index in [2.05, 4.69) is 17.2 Å². The van der Waals surface area contributed by atoms with Gasteiger partial charge in [0, 0.05) is 18.8 Å². The molecule has 104 valence electrons. The van der Waals surface area contributed by atoms with Crippen LogP contribution < -0.4 is 16.4 Å². The highest BCUT2D eigenvalue weighted by Crippen LogP contribution is 2.04. The molecule has 5 N–H and O–H groups in total. The molecule has 0 aliphatic rings. The zero-order valence-corrected chi connectivity index (χ0v) is 10.9. The Morgan fingerprint density at radius 3 is 2.68 bits per heavy atom. The van der Waals surface area contributed by atoms with Crippen LogP contribution in [0, 0.1) is 0 Å². The van der Waals surface area contributed by atoms with Crippen LogP contribution in [0.1, 0.15) is 18.4 Å². The first-order valence-electron chi connectivity index (χ1n) is 6.27. The molecule has 5 nitrogen and oxygen atoms in total. The number of carbonyl (C=O) groups excluding carboxylic acids is 1. The zero-order chi connectivity index (χ0) is 14.1. The summed E-state index contributed by atoms with van der Waals surface area (Å²) < 4.78 is 0. The number of aliphatic hydroxyl groups is 1. The fraction of sp³-hybridized carbons (Fsp3) is 0.357. The van der Waals surface area contributed by atoms with Crippen molar-refractivity contribution in [2.24, 2.45) is 0 Å². The molecule has 1 rings (SSSR count). The van der Waals surface area contributed by atoms with E-state index >= 15 is 0 Å². The van der Waals surface area contributed by atoms with E-state index in [-0.39, 0.29) is 12.6 Å².